The van der Waals surface area contributed by atoms with Crippen LogP contribution in [0.25, 0.3) is 0 Å². The molecular weight excluding hydrogens is 360 g/mol. The van der Waals surface area contributed by atoms with Gasteiger partial charge in [-0.05, 0) is 24.6 Å². The third kappa shape index (κ3) is 5.20. The van der Waals surface area contributed by atoms with Crippen molar-refractivity contribution in [1.29, 1.82) is 0 Å². The number of nitrogens with zero attached hydrogens (tertiary/aromatic N) is 3. The van der Waals surface area contributed by atoms with Crippen LogP contribution in [-0.4, -0.2) is 80.2 Å². The van der Waals surface area contributed by atoms with E-state index in [-0.39, 0.29) is 11.9 Å². The summed E-state index contributed by atoms with van der Waals surface area (Å²) in [5.74, 6) is 0.575. The minimum Gasteiger partial charge on any atom is -0.379 e. The maximum Gasteiger partial charge on any atom is 0.252 e. The molecule has 3 rings (SSSR count). The van der Waals surface area contributed by atoms with E-state index in [4.69, 9.17) is 10.5 Å². The van der Waals surface area contributed by atoms with E-state index in [9.17, 15) is 9.59 Å². The molecule has 2 fully saturated rings. The minimum atomic E-state index is -0.509. The normalized spacial score (nSPS) is 20.0. The molecule has 0 aromatic carbocycles. The van der Waals surface area contributed by atoms with Crippen molar-refractivity contribution >= 4 is 23.5 Å². The molecule has 0 unspecified atom stereocenters. The van der Waals surface area contributed by atoms with Gasteiger partial charge in [0.05, 0.1) is 18.8 Å². The number of amides is 2. The van der Waals surface area contributed by atoms with Gasteiger partial charge in [-0.15, -0.1) is 0 Å². The number of nitrogens with two attached hydrogens (primary N) is 1. The summed E-state index contributed by atoms with van der Waals surface area (Å²) in [6.07, 6.45) is 2.11. The lowest BCUT2D eigenvalue weighted by Crippen LogP contribution is -2.39. The molecule has 0 bridgehead atoms. The molecule has 3 heterocycles. The first kappa shape index (κ1) is 20.1. The number of ether oxygens (including phenoxy) is 1. The average Bonchev–Trinajstić information content (AvgIpc) is 3.17. The standard InChI is InChI=1S/C19H28N6O3/c1-2-17(26)22-14-5-7-25(13-14)16-4-3-15(18(20)27)19(23-16)21-6-8-24-9-11-28-12-10-24/h2-4,14H,1,5-13H2,(H2,20,27)(H,21,23)(H,22,26)/t14-/m0/s1. The zero-order valence-electron chi connectivity index (χ0n) is 16.0. The molecular formula is C19H28N6O3. The van der Waals surface area contributed by atoms with Gasteiger partial charge < -0.3 is 26.0 Å². The molecule has 2 aliphatic heterocycles. The molecule has 9 heteroatoms. The van der Waals surface area contributed by atoms with Gasteiger partial charge in [0.2, 0.25) is 5.91 Å². The van der Waals surface area contributed by atoms with Gasteiger partial charge in [0, 0.05) is 45.3 Å². The van der Waals surface area contributed by atoms with Crippen molar-refractivity contribution in [2.45, 2.75) is 12.5 Å². The number of pyridine rings is 1. The SMILES string of the molecule is C=CC(=O)N[C@H]1CCN(c2ccc(C(N)=O)c(NCCN3CCOCC3)n2)C1. The van der Waals surface area contributed by atoms with E-state index in [0.717, 1.165) is 51.6 Å². The van der Waals surface area contributed by atoms with Crippen LogP contribution >= 0.6 is 0 Å². The highest BCUT2D eigenvalue weighted by molar-refractivity contribution is 5.97. The van der Waals surface area contributed by atoms with Crippen molar-refractivity contribution in [3.05, 3.63) is 30.4 Å². The van der Waals surface area contributed by atoms with Crippen LogP contribution in [0.2, 0.25) is 0 Å². The Bertz CT molecular complexity index is 720. The predicted molar refractivity (Wildman–Crippen MR) is 107 cm³/mol. The average molecular weight is 388 g/mol. The number of carbonyl (C=O) groups is 2. The topological polar surface area (TPSA) is 113 Å². The lowest BCUT2D eigenvalue weighted by Gasteiger charge is -2.26. The molecule has 0 radical (unpaired) electrons. The molecule has 1 atom stereocenters. The summed E-state index contributed by atoms with van der Waals surface area (Å²) in [5, 5.41) is 6.17. The fourth-order valence-electron chi connectivity index (χ4n) is 3.46. The zero-order chi connectivity index (χ0) is 19.9. The number of hydrogen-bond acceptors (Lipinski definition) is 7. The molecule has 152 valence electrons. The van der Waals surface area contributed by atoms with Crippen molar-refractivity contribution in [2.24, 2.45) is 5.73 Å². The van der Waals surface area contributed by atoms with Crippen LogP contribution in [0.1, 0.15) is 16.8 Å². The van der Waals surface area contributed by atoms with Crippen molar-refractivity contribution in [2.75, 3.05) is 62.7 Å². The summed E-state index contributed by atoms with van der Waals surface area (Å²) in [6, 6.07) is 3.56. The quantitative estimate of drug-likeness (QED) is 0.529. The highest BCUT2D eigenvalue weighted by Crippen LogP contribution is 2.22. The number of primary amides is 1. The molecule has 0 saturated carbocycles. The predicted octanol–water partition coefficient (Wildman–Crippen LogP) is -0.194. The van der Waals surface area contributed by atoms with Crippen molar-refractivity contribution < 1.29 is 14.3 Å². The van der Waals surface area contributed by atoms with Crippen molar-refractivity contribution in [3.63, 3.8) is 0 Å². The Balaban J connectivity index is 1.63. The maximum absolute atomic E-state index is 11.8. The molecule has 9 nitrogen and oxygen atoms in total. The van der Waals surface area contributed by atoms with Crippen LogP contribution in [0.15, 0.2) is 24.8 Å². The van der Waals surface area contributed by atoms with Crippen LogP contribution in [-0.2, 0) is 9.53 Å². The highest BCUT2D eigenvalue weighted by Gasteiger charge is 2.25. The van der Waals surface area contributed by atoms with Crippen molar-refractivity contribution in [3.8, 4) is 0 Å². The molecule has 4 N–H and O–H groups in total. The first-order valence-corrected chi connectivity index (χ1v) is 9.59. The Morgan fingerprint density at radius 1 is 1.32 bits per heavy atom. The lowest BCUT2D eigenvalue weighted by atomic mass is 10.2. The van der Waals surface area contributed by atoms with E-state index in [0.29, 0.717) is 24.5 Å². The van der Waals surface area contributed by atoms with Gasteiger partial charge in [0.1, 0.15) is 11.6 Å². The largest absolute Gasteiger partial charge is 0.379 e. The van der Waals surface area contributed by atoms with Gasteiger partial charge >= 0.3 is 0 Å². The summed E-state index contributed by atoms with van der Waals surface area (Å²) in [7, 11) is 0. The molecule has 0 spiro atoms. The van der Waals surface area contributed by atoms with E-state index in [1.54, 1.807) is 12.1 Å². The molecule has 2 saturated heterocycles. The number of morpholine rings is 1. The molecule has 2 amide bonds. The molecule has 2 aliphatic rings. The first-order chi connectivity index (χ1) is 13.6. The number of carbonyl (C=O) groups excluding carboxylic acids is 2. The van der Waals surface area contributed by atoms with E-state index in [1.807, 2.05) is 0 Å². The summed E-state index contributed by atoms with van der Waals surface area (Å²) >= 11 is 0. The Labute approximate surface area is 164 Å². The fourth-order valence-corrected chi connectivity index (χ4v) is 3.46. The number of rotatable bonds is 8. The van der Waals surface area contributed by atoms with E-state index in [2.05, 4.69) is 32.0 Å². The van der Waals surface area contributed by atoms with Crippen LogP contribution in [0, 0.1) is 0 Å². The summed E-state index contributed by atoms with van der Waals surface area (Å²) in [6.45, 7) is 9.73. The van der Waals surface area contributed by atoms with Gasteiger partial charge in [0.25, 0.3) is 5.91 Å². The third-order valence-corrected chi connectivity index (χ3v) is 5.01. The maximum atomic E-state index is 11.8. The van der Waals surface area contributed by atoms with Crippen LogP contribution < -0.4 is 21.3 Å². The second-order valence-corrected chi connectivity index (χ2v) is 6.95. The number of nitrogens with one attached hydrogen (secondary N) is 2. The van der Waals surface area contributed by atoms with Crippen LogP contribution in [0.4, 0.5) is 11.6 Å². The highest BCUT2D eigenvalue weighted by atomic mass is 16.5. The van der Waals surface area contributed by atoms with Gasteiger partial charge in [-0.1, -0.05) is 6.58 Å². The number of anilines is 2. The number of hydrogen-bond donors (Lipinski definition) is 3. The van der Waals surface area contributed by atoms with E-state index in [1.165, 1.54) is 6.08 Å². The Morgan fingerprint density at radius 2 is 2.11 bits per heavy atom. The lowest BCUT2D eigenvalue weighted by molar-refractivity contribution is -0.117. The van der Waals surface area contributed by atoms with Crippen LogP contribution in [0.5, 0.6) is 0 Å². The molecule has 1 aromatic rings. The zero-order valence-corrected chi connectivity index (χ0v) is 16.0. The second-order valence-electron chi connectivity index (χ2n) is 6.95. The van der Waals surface area contributed by atoms with Gasteiger partial charge in [-0.2, -0.15) is 0 Å². The Morgan fingerprint density at radius 3 is 2.82 bits per heavy atom. The second kappa shape index (κ2) is 9.52. The third-order valence-electron chi connectivity index (χ3n) is 5.01. The summed E-state index contributed by atoms with van der Waals surface area (Å²) < 4.78 is 5.35. The number of aromatic nitrogens is 1. The minimum absolute atomic E-state index is 0.0563. The van der Waals surface area contributed by atoms with Gasteiger partial charge in [0.15, 0.2) is 0 Å². The fraction of sp³-hybridized carbons (Fsp3) is 0.526. The van der Waals surface area contributed by atoms with Crippen molar-refractivity contribution in [1.82, 2.24) is 15.2 Å². The van der Waals surface area contributed by atoms with Gasteiger partial charge in [-0.25, -0.2) is 4.98 Å². The van der Waals surface area contributed by atoms with E-state index >= 15 is 0 Å². The molecule has 1 aromatic heterocycles. The van der Waals surface area contributed by atoms with Gasteiger partial charge in [-0.3, -0.25) is 14.5 Å². The van der Waals surface area contributed by atoms with Crippen LogP contribution in [0.3, 0.4) is 0 Å². The van der Waals surface area contributed by atoms with E-state index < -0.39 is 5.91 Å². The summed E-state index contributed by atoms with van der Waals surface area (Å²) in [5.41, 5.74) is 5.88. The Kier molecular flexibility index (Phi) is 6.83. The first-order valence-electron chi connectivity index (χ1n) is 9.59. The molecule has 0 aliphatic carbocycles. The monoisotopic (exact) mass is 388 g/mol. The molecule has 28 heavy (non-hydrogen) atoms. The Hall–Kier alpha value is -2.65. The summed E-state index contributed by atoms with van der Waals surface area (Å²) in [4.78, 5) is 32.3. The smallest absolute Gasteiger partial charge is 0.252 e.